The number of rotatable bonds is 51. The highest BCUT2D eigenvalue weighted by Crippen LogP contribution is 2.15. The molecule has 0 aliphatic carbocycles. The van der Waals surface area contributed by atoms with E-state index < -0.39 is 6.10 Å². The maximum Gasteiger partial charge on any atom is 0.306 e. The van der Waals surface area contributed by atoms with Gasteiger partial charge in [-0.3, -0.25) is 9.59 Å². The first-order chi connectivity index (χ1) is 33.6. The molecule has 0 aliphatic heterocycles. The maximum atomic E-state index is 12.3. The van der Waals surface area contributed by atoms with Crippen LogP contribution in [0.1, 0.15) is 258 Å². The lowest BCUT2D eigenvalue weighted by Gasteiger charge is -2.15. The smallest absolute Gasteiger partial charge is 0.306 e. The number of allylic oxidation sites excluding steroid dienone is 18. The SMILES string of the molecule is CC/C=C\C/C=C\C/C=C\C/C=C\C/C=C\C/C=C\C/C=C\C/C=C\CCCCCCCCC(=O)OC(CO)COC(=O)CCCCCCCCCCCCC/C=C\CCCCCCCCCC. The zero-order valence-corrected chi connectivity index (χ0v) is 44.3. The van der Waals surface area contributed by atoms with Crippen molar-refractivity contribution in [3.8, 4) is 0 Å². The quantitative estimate of drug-likeness (QED) is 0.0374. The van der Waals surface area contributed by atoms with Crippen LogP contribution in [-0.2, 0) is 19.1 Å². The molecule has 0 bridgehead atoms. The van der Waals surface area contributed by atoms with Crippen LogP contribution in [0.25, 0.3) is 0 Å². The summed E-state index contributed by atoms with van der Waals surface area (Å²) in [5.74, 6) is -0.609. The molecular weight excluding hydrogens is 837 g/mol. The Labute approximate surface area is 421 Å². The molecule has 0 aromatic heterocycles. The van der Waals surface area contributed by atoms with E-state index in [0.29, 0.717) is 12.8 Å². The molecular formula is C63H106O5. The fraction of sp³-hybridized carbons (Fsp3) is 0.683. The predicted octanol–water partition coefficient (Wildman–Crippen LogP) is 19.3. The average molecular weight is 944 g/mol. The lowest BCUT2D eigenvalue weighted by atomic mass is 10.0. The molecule has 0 saturated carbocycles. The number of ether oxygens (including phenoxy) is 2. The topological polar surface area (TPSA) is 72.8 Å². The van der Waals surface area contributed by atoms with E-state index in [-0.39, 0.29) is 25.2 Å². The lowest BCUT2D eigenvalue weighted by molar-refractivity contribution is -0.161. The molecule has 0 spiro atoms. The average Bonchev–Trinajstić information content (AvgIpc) is 3.34. The van der Waals surface area contributed by atoms with Crippen molar-refractivity contribution in [2.24, 2.45) is 0 Å². The lowest BCUT2D eigenvalue weighted by Crippen LogP contribution is -2.28. The second-order valence-corrected chi connectivity index (χ2v) is 18.6. The number of carbonyl (C=O) groups excluding carboxylic acids is 2. The highest BCUT2D eigenvalue weighted by molar-refractivity contribution is 5.70. The van der Waals surface area contributed by atoms with Crippen molar-refractivity contribution in [1.82, 2.24) is 0 Å². The van der Waals surface area contributed by atoms with Gasteiger partial charge in [-0.25, -0.2) is 0 Å². The number of hydrogen-bond donors (Lipinski definition) is 1. The summed E-state index contributed by atoms with van der Waals surface area (Å²) in [5.41, 5.74) is 0. The van der Waals surface area contributed by atoms with Crippen LogP contribution in [0, 0.1) is 0 Å². The molecule has 0 aromatic rings. The van der Waals surface area contributed by atoms with E-state index in [2.05, 4.69) is 123 Å². The Kier molecular flexibility index (Phi) is 54.9. The minimum Gasteiger partial charge on any atom is -0.462 e. The largest absolute Gasteiger partial charge is 0.462 e. The first-order valence-electron chi connectivity index (χ1n) is 28.4. The van der Waals surface area contributed by atoms with E-state index in [1.807, 2.05) is 0 Å². The normalized spacial score (nSPS) is 13.0. The maximum absolute atomic E-state index is 12.3. The Bertz CT molecular complexity index is 1340. The summed E-state index contributed by atoms with van der Waals surface area (Å²) in [4.78, 5) is 24.5. The van der Waals surface area contributed by atoms with Crippen LogP contribution in [-0.4, -0.2) is 36.4 Å². The van der Waals surface area contributed by atoms with Gasteiger partial charge in [-0.05, 0) is 103 Å². The van der Waals surface area contributed by atoms with Crippen molar-refractivity contribution in [3.63, 3.8) is 0 Å². The van der Waals surface area contributed by atoms with Crippen LogP contribution in [0.2, 0.25) is 0 Å². The van der Waals surface area contributed by atoms with Crippen LogP contribution in [0.15, 0.2) is 109 Å². The molecule has 0 radical (unpaired) electrons. The summed E-state index contributed by atoms with van der Waals surface area (Å²) in [6, 6.07) is 0. The molecule has 0 aromatic carbocycles. The molecule has 0 heterocycles. The van der Waals surface area contributed by atoms with Gasteiger partial charge in [0, 0.05) is 12.8 Å². The number of hydrogen-bond acceptors (Lipinski definition) is 5. The monoisotopic (exact) mass is 943 g/mol. The fourth-order valence-electron chi connectivity index (χ4n) is 7.80. The van der Waals surface area contributed by atoms with Gasteiger partial charge < -0.3 is 14.6 Å². The number of aliphatic hydroxyl groups excluding tert-OH is 1. The molecule has 1 atom stereocenters. The van der Waals surface area contributed by atoms with E-state index in [9.17, 15) is 14.7 Å². The summed E-state index contributed by atoms with van der Waals surface area (Å²) in [7, 11) is 0. The van der Waals surface area contributed by atoms with Gasteiger partial charge in [0.05, 0.1) is 6.61 Å². The van der Waals surface area contributed by atoms with Crippen molar-refractivity contribution in [2.75, 3.05) is 13.2 Å². The molecule has 0 amide bonds. The van der Waals surface area contributed by atoms with Gasteiger partial charge >= 0.3 is 11.9 Å². The third-order valence-corrected chi connectivity index (χ3v) is 12.1. The minimum absolute atomic E-state index is 0.0772. The van der Waals surface area contributed by atoms with Gasteiger partial charge in [0.25, 0.3) is 0 Å². The first-order valence-corrected chi connectivity index (χ1v) is 28.4. The number of carbonyl (C=O) groups is 2. The van der Waals surface area contributed by atoms with Gasteiger partial charge in [-0.1, -0.05) is 252 Å². The zero-order chi connectivity index (χ0) is 49.2. The highest BCUT2D eigenvalue weighted by Gasteiger charge is 2.16. The summed E-state index contributed by atoms with van der Waals surface area (Å²) < 4.78 is 10.7. The Morgan fingerprint density at radius 1 is 0.353 bits per heavy atom. The van der Waals surface area contributed by atoms with Gasteiger partial charge in [0.2, 0.25) is 0 Å². The molecule has 5 heteroatoms. The molecule has 0 rings (SSSR count). The highest BCUT2D eigenvalue weighted by atomic mass is 16.6. The van der Waals surface area contributed by atoms with Crippen LogP contribution < -0.4 is 0 Å². The summed E-state index contributed by atoms with van der Waals surface area (Å²) in [5, 5.41) is 9.65. The van der Waals surface area contributed by atoms with E-state index in [0.717, 1.165) is 96.3 Å². The van der Waals surface area contributed by atoms with E-state index in [4.69, 9.17) is 9.47 Å². The van der Waals surface area contributed by atoms with Crippen LogP contribution >= 0.6 is 0 Å². The Balaban J connectivity index is 3.58. The molecule has 68 heavy (non-hydrogen) atoms. The van der Waals surface area contributed by atoms with Gasteiger partial charge in [0.1, 0.15) is 6.61 Å². The van der Waals surface area contributed by atoms with Crippen LogP contribution in [0.4, 0.5) is 0 Å². The molecule has 5 nitrogen and oxygen atoms in total. The summed E-state index contributed by atoms with van der Waals surface area (Å²) in [6.45, 7) is 4.03. The third kappa shape index (κ3) is 55.2. The Hall–Kier alpha value is -3.44. The van der Waals surface area contributed by atoms with Crippen molar-refractivity contribution in [3.05, 3.63) is 109 Å². The fourth-order valence-corrected chi connectivity index (χ4v) is 7.80. The van der Waals surface area contributed by atoms with Crippen molar-refractivity contribution >= 4 is 11.9 Å². The molecule has 0 fully saturated rings. The summed E-state index contributed by atoms with van der Waals surface area (Å²) >= 11 is 0. The zero-order valence-electron chi connectivity index (χ0n) is 44.3. The van der Waals surface area contributed by atoms with Crippen molar-refractivity contribution in [2.45, 2.75) is 264 Å². The first kappa shape index (κ1) is 64.6. The van der Waals surface area contributed by atoms with Crippen LogP contribution in [0.3, 0.4) is 0 Å². The predicted molar refractivity (Wildman–Crippen MR) is 297 cm³/mol. The van der Waals surface area contributed by atoms with E-state index in [1.54, 1.807) is 0 Å². The minimum atomic E-state index is -0.788. The molecule has 0 aliphatic rings. The molecule has 388 valence electrons. The van der Waals surface area contributed by atoms with Gasteiger partial charge in [-0.2, -0.15) is 0 Å². The second-order valence-electron chi connectivity index (χ2n) is 18.6. The van der Waals surface area contributed by atoms with Crippen molar-refractivity contribution < 1.29 is 24.2 Å². The second kappa shape index (κ2) is 57.9. The molecule has 1 unspecified atom stereocenters. The number of aliphatic hydroxyl groups is 1. The van der Waals surface area contributed by atoms with Crippen molar-refractivity contribution in [1.29, 1.82) is 0 Å². The Morgan fingerprint density at radius 2 is 0.632 bits per heavy atom. The Morgan fingerprint density at radius 3 is 0.971 bits per heavy atom. The standard InChI is InChI=1S/C63H106O5/c1-3-5-7-9-11-13-15-17-19-21-23-25-27-28-29-30-31-32-33-34-36-38-40-42-44-46-48-50-52-54-56-58-63(66)68-61(59-64)60-67-62(65)57-55-53-51-49-47-45-43-41-39-37-35-26-24-22-20-18-16-14-12-10-8-6-4-2/h5,7,11,13,17,19,22-25,28-29,31-32,34,36,40,42,61,64H,3-4,6,8-10,12,14-16,18,20-21,26-27,30,33,35,37-39,41,43-60H2,1-2H3/b7-5-,13-11-,19-17-,24-22-,25-23-,29-28-,32-31-,36-34-,42-40-. The molecule has 1 N–H and O–H groups in total. The summed E-state index contributed by atoms with van der Waals surface area (Å²) in [6.07, 6.45) is 83.4. The number of unbranched alkanes of at least 4 members (excludes halogenated alkanes) is 25. The van der Waals surface area contributed by atoms with Gasteiger partial charge in [-0.15, -0.1) is 0 Å². The van der Waals surface area contributed by atoms with Crippen LogP contribution in [0.5, 0.6) is 0 Å². The third-order valence-electron chi connectivity index (χ3n) is 12.1. The molecule has 0 saturated heterocycles. The number of esters is 2. The van der Waals surface area contributed by atoms with E-state index >= 15 is 0 Å². The van der Waals surface area contributed by atoms with E-state index in [1.165, 1.54) is 135 Å². The van der Waals surface area contributed by atoms with Gasteiger partial charge in [0.15, 0.2) is 6.10 Å².